The van der Waals surface area contributed by atoms with Crippen molar-refractivity contribution in [2.45, 2.75) is 79.2 Å². The molecule has 1 aromatic carbocycles. The molecule has 7 rings (SSSR count). The van der Waals surface area contributed by atoms with E-state index in [1.54, 1.807) is 0 Å². The van der Waals surface area contributed by atoms with Gasteiger partial charge in [-0.3, -0.25) is 9.59 Å². The van der Waals surface area contributed by atoms with E-state index in [9.17, 15) is 19.8 Å². The lowest BCUT2D eigenvalue weighted by Gasteiger charge is -2.58. The molecular formula is C30H37N3O4S. The van der Waals surface area contributed by atoms with Crippen molar-refractivity contribution < 1.29 is 19.8 Å². The fraction of sp³-hybridized carbons (Fsp3) is 0.567. The molecule has 0 spiro atoms. The standard InChI is InChI=1S/C30H37N3O4S/c34-25(35)16-29(9-4-10-31-18-29)24-8-7-23(28(32-24)38-17-19-5-2-1-3-6-19)27(36)33-26-21-11-20-12-22(26)15-30(37,13-20)14-21/h1-3,5-8,20-22,26,31,37H,4,9-18H2,(H,33,36)(H,34,35)/t20?,21?,22?,26-,29-,30+/m0/s1. The van der Waals surface area contributed by atoms with Crippen molar-refractivity contribution in [3.63, 3.8) is 0 Å². The molecule has 1 saturated heterocycles. The van der Waals surface area contributed by atoms with Crippen LogP contribution in [0.25, 0.3) is 0 Å². The Kier molecular flexibility index (Phi) is 6.99. The van der Waals surface area contributed by atoms with Gasteiger partial charge in [0, 0.05) is 29.4 Å². The van der Waals surface area contributed by atoms with Crippen molar-refractivity contribution in [2.75, 3.05) is 13.1 Å². The van der Waals surface area contributed by atoms with Crippen LogP contribution in [0.4, 0.5) is 0 Å². The molecule has 4 N–H and O–H groups in total. The summed E-state index contributed by atoms with van der Waals surface area (Å²) in [6.45, 7) is 1.44. The second-order valence-corrected chi connectivity index (χ2v) is 13.1. The van der Waals surface area contributed by atoms with Crippen LogP contribution in [0.3, 0.4) is 0 Å². The maximum Gasteiger partial charge on any atom is 0.304 e. The summed E-state index contributed by atoms with van der Waals surface area (Å²) in [4.78, 5) is 30.6. The Morgan fingerprint density at radius 3 is 2.50 bits per heavy atom. The maximum atomic E-state index is 13.8. The quantitative estimate of drug-likeness (QED) is 0.376. The van der Waals surface area contributed by atoms with E-state index in [1.165, 1.54) is 11.8 Å². The number of carbonyl (C=O) groups excluding carboxylic acids is 1. The molecule has 1 amide bonds. The predicted molar refractivity (Wildman–Crippen MR) is 146 cm³/mol. The van der Waals surface area contributed by atoms with Crippen molar-refractivity contribution >= 4 is 23.6 Å². The number of nitrogens with one attached hydrogen (secondary N) is 2. The Bertz CT molecular complexity index is 1180. The minimum atomic E-state index is -0.834. The number of benzene rings is 1. The van der Waals surface area contributed by atoms with Crippen LogP contribution in [0.5, 0.6) is 0 Å². The fourth-order valence-corrected chi connectivity index (χ4v) is 8.88. The molecule has 8 heteroatoms. The van der Waals surface area contributed by atoms with Crippen molar-refractivity contribution in [3.8, 4) is 0 Å². The Balaban J connectivity index is 1.29. The first-order valence-electron chi connectivity index (χ1n) is 14.0. The second kappa shape index (κ2) is 10.3. The molecule has 1 aliphatic heterocycles. The number of amides is 1. The highest BCUT2D eigenvalue weighted by molar-refractivity contribution is 7.98. The smallest absolute Gasteiger partial charge is 0.304 e. The van der Waals surface area contributed by atoms with Gasteiger partial charge in [-0.25, -0.2) is 4.98 Å². The van der Waals surface area contributed by atoms with Crippen LogP contribution in [0.15, 0.2) is 47.5 Å². The minimum absolute atomic E-state index is 0.0108. The van der Waals surface area contributed by atoms with Crippen LogP contribution in [0, 0.1) is 17.8 Å². The summed E-state index contributed by atoms with van der Waals surface area (Å²) < 4.78 is 0. The van der Waals surface area contributed by atoms with Gasteiger partial charge in [-0.15, -0.1) is 11.8 Å². The van der Waals surface area contributed by atoms with Crippen molar-refractivity contribution in [3.05, 3.63) is 59.3 Å². The first-order chi connectivity index (χ1) is 18.3. The summed E-state index contributed by atoms with van der Waals surface area (Å²) in [5.74, 6) is 0.964. The first kappa shape index (κ1) is 25.8. The van der Waals surface area contributed by atoms with Gasteiger partial charge < -0.3 is 20.8 Å². The number of rotatable bonds is 8. The van der Waals surface area contributed by atoms with Crippen molar-refractivity contribution in [1.82, 2.24) is 15.6 Å². The number of hydrogen-bond donors (Lipinski definition) is 4. The van der Waals surface area contributed by atoms with E-state index < -0.39 is 17.0 Å². The molecule has 0 radical (unpaired) electrons. The number of carbonyl (C=O) groups is 2. The van der Waals surface area contributed by atoms with Crippen molar-refractivity contribution in [2.24, 2.45) is 17.8 Å². The number of aliphatic carboxylic acids is 1. The normalized spacial score (nSPS) is 33.7. The largest absolute Gasteiger partial charge is 0.481 e. The lowest BCUT2D eigenvalue weighted by molar-refractivity contribution is -0.138. The predicted octanol–water partition coefficient (Wildman–Crippen LogP) is 4.14. The number of carboxylic acid groups (broad SMARTS) is 1. The van der Waals surface area contributed by atoms with E-state index in [-0.39, 0.29) is 18.4 Å². The molecular weight excluding hydrogens is 498 g/mol. The van der Waals surface area contributed by atoms with Gasteiger partial charge >= 0.3 is 5.97 Å². The number of piperidine rings is 1. The molecule has 202 valence electrons. The molecule has 2 aromatic rings. The Labute approximate surface area is 228 Å². The molecule has 4 bridgehead atoms. The fourth-order valence-electron chi connectivity index (χ4n) is 7.91. The summed E-state index contributed by atoms with van der Waals surface area (Å²) in [5, 5.41) is 28.1. The number of pyridine rings is 1. The van der Waals surface area contributed by atoms with Crippen LogP contribution >= 0.6 is 11.8 Å². The topological polar surface area (TPSA) is 112 Å². The number of thioether (sulfide) groups is 1. The highest BCUT2D eigenvalue weighted by atomic mass is 32.2. The zero-order chi connectivity index (χ0) is 26.3. The Hall–Kier alpha value is -2.42. The van der Waals surface area contributed by atoms with Gasteiger partial charge in [0.15, 0.2) is 0 Å². The van der Waals surface area contributed by atoms with Crippen LogP contribution < -0.4 is 10.6 Å². The average molecular weight is 536 g/mol. The first-order valence-corrected chi connectivity index (χ1v) is 15.0. The SMILES string of the molecule is O=C(O)C[C@@]1(c2ccc(C(=O)N[C@H]3C4CC5CC3C[C@@](O)(C5)C4)c(SCc3ccccc3)n2)CCCNC1. The molecule has 2 heterocycles. The summed E-state index contributed by atoms with van der Waals surface area (Å²) in [6, 6.07) is 13.9. The van der Waals surface area contributed by atoms with E-state index in [0.717, 1.165) is 62.7 Å². The molecule has 38 heavy (non-hydrogen) atoms. The lowest BCUT2D eigenvalue weighted by Crippen LogP contribution is -2.61. The summed E-state index contributed by atoms with van der Waals surface area (Å²) in [7, 11) is 0. The van der Waals surface area contributed by atoms with Gasteiger partial charge in [-0.2, -0.15) is 0 Å². The molecule has 2 unspecified atom stereocenters. The van der Waals surface area contributed by atoms with Crippen LogP contribution in [-0.2, 0) is 16.0 Å². The lowest BCUT2D eigenvalue weighted by atomic mass is 9.52. The number of carboxylic acids is 1. The zero-order valence-corrected chi connectivity index (χ0v) is 22.5. The van der Waals surface area contributed by atoms with Gasteiger partial charge in [-0.05, 0) is 86.9 Å². The molecule has 5 fully saturated rings. The maximum absolute atomic E-state index is 13.8. The third-order valence-corrected chi connectivity index (χ3v) is 10.4. The van der Waals surface area contributed by atoms with Gasteiger partial charge in [-0.1, -0.05) is 30.3 Å². The van der Waals surface area contributed by atoms with Crippen LogP contribution in [0.2, 0.25) is 0 Å². The summed E-state index contributed by atoms with van der Waals surface area (Å²) >= 11 is 1.53. The second-order valence-electron chi connectivity index (χ2n) is 12.1. The van der Waals surface area contributed by atoms with Gasteiger partial charge in [0.25, 0.3) is 5.91 Å². The highest BCUT2D eigenvalue weighted by Crippen LogP contribution is 2.55. The number of hydrogen-bond acceptors (Lipinski definition) is 6. The van der Waals surface area contributed by atoms with E-state index in [4.69, 9.17) is 4.98 Å². The Morgan fingerprint density at radius 1 is 1.08 bits per heavy atom. The molecule has 7 nitrogen and oxygen atoms in total. The van der Waals surface area contributed by atoms with Crippen LogP contribution in [-0.4, -0.2) is 51.8 Å². The Morgan fingerprint density at radius 2 is 1.84 bits per heavy atom. The third-order valence-electron chi connectivity index (χ3n) is 9.37. The number of aliphatic hydroxyl groups is 1. The highest BCUT2D eigenvalue weighted by Gasteiger charge is 2.55. The molecule has 3 atom stereocenters. The van der Waals surface area contributed by atoms with E-state index in [0.29, 0.717) is 40.6 Å². The van der Waals surface area contributed by atoms with Gasteiger partial charge in [0.05, 0.1) is 17.6 Å². The number of nitrogens with zero attached hydrogens (tertiary/aromatic N) is 1. The molecule has 4 aliphatic carbocycles. The minimum Gasteiger partial charge on any atom is -0.481 e. The molecule has 5 aliphatic rings. The van der Waals surface area contributed by atoms with Crippen molar-refractivity contribution in [1.29, 1.82) is 0 Å². The monoisotopic (exact) mass is 535 g/mol. The molecule has 4 saturated carbocycles. The number of aromatic nitrogens is 1. The molecule has 1 aromatic heterocycles. The average Bonchev–Trinajstić information content (AvgIpc) is 2.89. The zero-order valence-electron chi connectivity index (χ0n) is 21.7. The third kappa shape index (κ3) is 5.10. The van der Waals surface area contributed by atoms with E-state index >= 15 is 0 Å². The van der Waals surface area contributed by atoms with E-state index in [2.05, 4.69) is 22.8 Å². The van der Waals surface area contributed by atoms with Gasteiger partial charge in [0.2, 0.25) is 0 Å². The van der Waals surface area contributed by atoms with E-state index in [1.807, 2.05) is 30.3 Å². The van der Waals surface area contributed by atoms with Gasteiger partial charge in [0.1, 0.15) is 5.03 Å². The summed E-state index contributed by atoms with van der Waals surface area (Å²) in [5.41, 5.74) is 1.32. The summed E-state index contributed by atoms with van der Waals surface area (Å²) in [6.07, 6.45) is 6.30. The van der Waals surface area contributed by atoms with Crippen LogP contribution in [0.1, 0.15) is 73.0 Å².